The minimum Gasteiger partial charge on any atom is -0.501 e. The lowest BCUT2D eigenvalue weighted by Gasteiger charge is -2.10. The number of fused-ring (bicyclic) bond motifs is 1. The highest BCUT2D eigenvalue weighted by atomic mass is 19.1. The Morgan fingerprint density at radius 2 is 2.00 bits per heavy atom. The SMILES string of the molecule is Cn1ncnc1-c1oc2cccc(OCc3ccc(F)cc3)c2c(=O)c1O. The van der Waals surface area contributed by atoms with Gasteiger partial charge in [0.15, 0.2) is 5.82 Å². The first kappa shape index (κ1) is 16.8. The van der Waals surface area contributed by atoms with E-state index in [2.05, 4.69) is 10.1 Å². The molecule has 0 aliphatic rings. The van der Waals surface area contributed by atoms with Crippen molar-refractivity contribution < 1.29 is 18.7 Å². The van der Waals surface area contributed by atoms with E-state index in [9.17, 15) is 14.3 Å². The summed E-state index contributed by atoms with van der Waals surface area (Å²) in [6, 6.07) is 10.7. The van der Waals surface area contributed by atoms with Gasteiger partial charge in [0.2, 0.25) is 16.9 Å². The molecule has 136 valence electrons. The molecule has 4 aromatic rings. The number of benzene rings is 2. The molecule has 4 rings (SSSR count). The fourth-order valence-electron chi connectivity index (χ4n) is 2.71. The van der Waals surface area contributed by atoms with Gasteiger partial charge >= 0.3 is 0 Å². The lowest BCUT2D eigenvalue weighted by Crippen LogP contribution is -2.07. The number of aromatic nitrogens is 3. The fraction of sp³-hybridized carbons (Fsp3) is 0.105. The summed E-state index contributed by atoms with van der Waals surface area (Å²) in [6.07, 6.45) is 1.29. The van der Waals surface area contributed by atoms with Gasteiger partial charge in [0.05, 0.1) is 0 Å². The molecule has 2 aromatic heterocycles. The van der Waals surface area contributed by atoms with E-state index in [1.165, 1.54) is 23.1 Å². The third kappa shape index (κ3) is 3.01. The van der Waals surface area contributed by atoms with E-state index in [1.807, 2.05) is 0 Å². The van der Waals surface area contributed by atoms with Gasteiger partial charge in [-0.15, -0.1) is 0 Å². The summed E-state index contributed by atoms with van der Waals surface area (Å²) in [6.45, 7) is 0.130. The van der Waals surface area contributed by atoms with E-state index in [0.717, 1.165) is 5.56 Å². The summed E-state index contributed by atoms with van der Waals surface area (Å²) in [5.74, 6) is -0.500. The highest BCUT2D eigenvalue weighted by Crippen LogP contribution is 2.32. The molecule has 0 aliphatic heterocycles. The van der Waals surface area contributed by atoms with Crippen molar-refractivity contribution in [2.45, 2.75) is 6.61 Å². The summed E-state index contributed by atoms with van der Waals surface area (Å²) in [5.41, 5.74) is 0.342. The molecular weight excluding hydrogens is 353 g/mol. The quantitative estimate of drug-likeness (QED) is 0.596. The highest BCUT2D eigenvalue weighted by molar-refractivity contribution is 5.86. The third-order valence-electron chi connectivity index (χ3n) is 4.08. The number of aryl methyl sites for hydroxylation is 1. The van der Waals surface area contributed by atoms with Crippen LogP contribution in [0.2, 0.25) is 0 Å². The van der Waals surface area contributed by atoms with Crippen molar-refractivity contribution in [3.8, 4) is 23.1 Å². The van der Waals surface area contributed by atoms with E-state index in [1.54, 1.807) is 37.4 Å². The number of aromatic hydroxyl groups is 1. The van der Waals surface area contributed by atoms with E-state index >= 15 is 0 Å². The Hall–Kier alpha value is -3.68. The van der Waals surface area contributed by atoms with Gasteiger partial charge in [-0.2, -0.15) is 5.10 Å². The number of rotatable bonds is 4. The molecule has 0 unspecified atom stereocenters. The number of hydrogen-bond donors (Lipinski definition) is 1. The minimum absolute atomic E-state index is 0.0665. The van der Waals surface area contributed by atoms with Crippen molar-refractivity contribution in [3.05, 3.63) is 70.4 Å². The fourth-order valence-corrected chi connectivity index (χ4v) is 2.71. The Bertz CT molecular complexity index is 1180. The Morgan fingerprint density at radius 1 is 1.22 bits per heavy atom. The number of ether oxygens (including phenoxy) is 1. The van der Waals surface area contributed by atoms with Crippen LogP contribution in [0.4, 0.5) is 4.39 Å². The van der Waals surface area contributed by atoms with Gasteiger partial charge in [-0.1, -0.05) is 18.2 Å². The zero-order chi connectivity index (χ0) is 19.0. The second-order valence-corrected chi connectivity index (χ2v) is 5.86. The zero-order valence-electron chi connectivity index (χ0n) is 14.2. The molecule has 0 bridgehead atoms. The van der Waals surface area contributed by atoms with E-state index in [4.69, 9.17) is 9.15 Å². The molecule has 0 saturated carbocycles. The molecular formula is C19H14FN3O4. The Labute approximate surface area is 152 Å². The molecule has 27 heavy (non-hydrogen) atoms. The highest BCUT2D eigenvalue weighted by Gasteiger charge is 2.21. The standard InChI is InChI=1S/C19H14FN3O4/c1-23-19(21-10-22-23)18-17(25)16(24)15-13(3-2-4-14(15)27-18)26-9-11-5-7-12(20)8-6-11/h2-8,10,25H,9H2,1H3. The minimum atomic E-state index is -0.635. The molecule has 0 radical (unpaired) electrons. The van der Waals surface area contributed by atoms with Gasteiger partial charge in [-0.3, -0.25) is 4.79 Å². The third-order valence-corrected chi connectivity index (χ3v) is 4.08. The maximum atomic E-state index is 13.0. The predicted molar refractivity (Wildman–Crippen MR) is 94.9 cm³/mol. The maximum Gasteiger partial charge on any atom is 0.238 e. The van der Waals surface area contributed by atoms with Crippen LogP contribution in [0.25, 0.3) is 22.6 Å². The van der Waals surface area contributed by atoms with Crippen molar-refractivity contribution >= 4 is 11.0 Å². The Balaban J connectivity index is 1.77. The Morgan fingerprint density at radius 3 is 2.70 bits per heavy atom. The molecule has 0 saturated heterocycles. The van der Waals surface area contributed by atoms with Crippen molar-refractivity contribution in [2.75, 3.05) is 0 Å². The van der Waals surface area contributed by atoms with E-state index < -0.39 is 11.2 Å². The van der Waals surface area contributed by atoms with Gasteiger partial charge in [0.1, 0.15) is 35.5 Å². The van der Waals surface area contributed by atoms with Crippen molar-refractivity contribution in [1.82, 2.24) is 14.8 Å². The zero-order valence-corrected chi connectivity index (χ0v) is 14.2. The molecule has 7 nitrogen and oxygen atoms in total. The largest absolute Gasteiger partial charge is 0.501 e. The normalized spacial score (nSPS) is 11.0. The molecule has 0 fully saturated rings. The lowest BCUT2D eigenvalue weighted by molar-refractivity contribution is 0.309. The maximum absolute atomic E-state index is 13.0. The van der Waals surface area contributed by atoms with Crippen LogP contribution in [0.5, 0.6) is 11.5 Å². The lowest BCUT2D eigenvalue weighted by atomic mass is 10.1. The molecule has 2 heterocycles. The molecule has 1 N–H and O–H groups in total. The summed E-state index contributed by atoms with van der Waals surface area (Å²) in [5, 5.41) is 14.4. The summed E-state index contributed by atoms with van der Waals surface area (Å²) in [4.78, 5) is 16.7. The number of halogens is 1. The summed E-state index contributed by atoms with van der Waals surface area (Å²) < 4.78 is 25.8. The molecule has 8 heteroatoms. The van der Waals surface area contributed by atoms with Crippen LogP contribution in [-0.4, -0.2) is 19.9 Å². The van der Waals surface area contributed by atoms with Crippen LogP contribution in [-0.2, 0) is 13.7 Å². The van der Waals surface area contributed by atoms with Crippen LogP contribution >= 0.6 is 0 Å². The molecule has 2 aromatic carbocycles. The molecule has 0 atom stereocenters. The van der Waals surface area contributed by atoms with Gasteiger partial charge < -0.3 is 14.3 Å². The summed E-state index contributed by atoms with van der Waals surface area (Å²) >= 11 is 0. The monoisotopic (exact) mass is 367 g/mol. The molecule has 0 amide bonds. The topological polar surface area (TPSA) is 90.4 Å². The van der Waals surface area contributed by atoms with Crippen molar-refractivity contribution in [2.24, 2.45) is 7.05 Å². The summed E-state index contributed by atoms with van der Waals surface area (Å²) in [7, 11) is 1.62. The molecule has 0 aliphatic carbocycles. The smallest absolute Gasteiger partial charge is 0.238 e. The second kappa shape index (κ2) is 6.56. The van der Waals surface area contributed by atoms with Crippen molar-refractivity contribution in [3.63, 3.8) is 0 Å². The average molecular weight is 367 g/mol. The van der Waals surface area contributed by atoms with Gasteiger partial charge in [-0.05, 0) is 29.8 Å². The predicted octanol–water partition coefficient (Wildman–Crippen LogP) is 3.01. The number of hydrogen-bond acceptors (Lipinski definition) is 6. The average Bonchev–Trinajstić information content (AvgIpc) is 3.09. The van der Waals surface area contributed by atoms with E-state index in [0.29, 0.717) is 0 Å². The van der Waals surface area contributed by atoms with Gasteiger partial charge in [0, 0.05) is 7.05 Å². The van der Waals surface area contributed by atoms with Gasteiger partial charge in [0.25, 0.3) is 0 Å². The van der Waals surface area contributed by atoms with Gasteiger partial charge in [-0.25, -0.2) is 14.1 Å². The van der Waals surface area contributed by atoms with E-state index in [-0.39, 0.29) is 40.7 Å². The van der Waals surface area contributed by atoms with Crippen LogP contribution in [0.15, 0.2) is 58.0 Å². The first-order valence-electron chi connectivity index (χ1n) is 8.05. The molecule has 0 spiro atoms. The Kier molecular flexibility index (Phi) is 4.08. The van der Waals surface area contributed by atoms with Crippen LogP contribution in [0.3, 0.4) is 0 Å². The van der Waals surface area contributed by atoms with Crippen LogP contribution < -0.4 is 10.2 Å². The second-order valence-electron chi connectivity index (χ2n) is 5.86. The van der Waals surface area contributed by atoms with Crippen molar-refractivity contribution in [1.29, 1.82) is 0 Å². The first-order valence-corrected chi connectivity index (χ1v) is 8.05. The van der Waals surface area contributed by atoms with Crippen LogP contribution in [0.1, 0.15) is 5.56 Å². The number of nitrogens with zero attached hydrogens (tertiary/aromatic N) is 3. The van der Waals surface area contributed by atoms with Crippen LogP contribution in [0, 0.1) is 5.82 Å². The first-order chi connectivity index (χ1) is 13.0.